The van der Waals surface area contributed by atoms with Crippen LogP contribution in [0.2, 0.25) is 0 Å². The number of carbonyl (C=O) groups is 1. The fourth-order valence-electron chi connectivity index (χ4n) is 1.78. The molecule has 0 atom stereocenters. The number of hydrogen-bond acceptors (Lipinski definition) is 3. The van der Waals surface area contributed by atoms with E-state index in [0.717, 1.165) is 13.0 Å². The van der Waals surface area contributed by atoms with Crippen LogP contribution in [0.5, 0.6) is 0 Å². The highest BCUT2D eigenvalue weighted by atomic mass is 16.6. The summed E-state index contributed by atoms with van der Waals surface area (Å²) >= 11 is 0. The number of carbonyl (C=O) groups excluding carboxylic acids is 1. The van der Waals surface area contributed by atoms with Crippen LogP contribution < -0.4 is 5.32 Å². The molecule has 0 heterocycles. The second kappa shape index (κ2) is 6.04. The summed E-state index contributed by atoms with van der Waals surface area (Å²) in [5, 5.41) is 3.12. The molecule has 0 aromatic carbocycles. The Hall–Kier alpha value is -0.830. The number of hydrogen-bond donors (Lipinski definition) is 1. The van der Waals surface area contributed by atoms with Crippen LogP contribution in [0.3, 0.4) is 0 Å². The van der Waals surface area contributed by atoms with Gasteiger partial charge in [-0.3, -0.25) is 4.79 Å². The van der Waals surface area contributed by atoms with E-state index in [1.807, 2.05) is 20.8 Å². The van der Waals surface area contributed by atoms with E-state index in [-0.39, 0.29) is 11.6 Å². The quantitative estimate of drug-likeness (QED) is 0.443. The maximum Gasteiger partial charge on any atom is 0.320 e. The van der Waals surface area contributed by atoms with Gasteiger partial charge >= 0.3 is 5.97 Å². The standard InChI is InChI=1S/C13H23NO2/c1-13(2,3)16-12(15)10-14-9-8-11-6-4-5-7-11/h6,14H,4-5,7-10H2,1-3H3. The average molecular weight is 225 g/mol. The summed E-state index contributed by atoms with van der Waals surface area (Å²) in [6.45, 7) is 6.83. The highest BCUT2D eigenvalue weighted by Gasteiger charge is 2.15. The van der Waals surface area contributed by atoms with Crippen molar-refractivity contribution in [2.75, 3.05) is 13.1 Å². The molecule has 1 N–H and O–H groups in total. The van der Waals surface area contributed by atoms with Gasteiger partial charge in [-0.05, 0) is 53.0 Å². The summed E-state index contributed by atoms with van der Waals surface area (Å²) in [6, 6.07) is 0. The zero-order valence-electron chi connectivity index (χ0n) is 10.6. The molecule has 1 aliphatic carbocycles. The predicted molar refractivity (Wildman–Crippen MR) is 65.3 cm³/mol. The first-order valence-corrected chi connectivity index (χ1v) is 6.08. The largest absolute Gasteiger partial charge is 0.459 e. The summed E-state index contributed by atoms with van der Waals surface area (Å²) < 4.78 is 5.19. The lowest BCUT2D eigenvalue weighted by atomic mass is 10.2. The first kappa shape index (κ1) is 13.2. The Morgan fingerprint density at radius 3 is 2.81 bits per heavy atom. The molecule has 1 rings (SSSR count). The second-order valence-electron chi connectivity index (χ2n) is 5.27. The van der Waals surface area contributed by atoms with Gasteiger partial charge in [-0.15, -0.1) is 0 Å². The molecule has 0 aliphatic heterocycles. The van der Waals surface area contributed by atoms with Gasteiger partial charge in [0.1, 0.15) is 5.60 Å². The number of esters is 1. The van der Waals surface area contributed by atoms with E-state index in [1.54, 1.807) is 0 Å². The third kappa shape index (κ3) is 5.91. The van der Waals surface area contributed by atoms with E-state index in [2.05, 4.69) is 11.4 Å². The van der Waals surface area contributed by atoms with Gasteiger partial charge in [0.05, 0.1) is 6.54 Å². The maximum absolute atomic E-state index is 11.4. The molecule has 0 fully saturated rings. The van der Waals surface area contributed by atoms with Gasteiger partial charge in [-0.25, -0.2) is 0 Å². The molecule has 0 spiro atoms. The highest BCUT2D eigenvalue weighted by molar-refractivity contribution is 5.72. The van der Waals surface area contributed by atoms with Crippen LogP contribution in [0.15, 0.2) is 11.6 Å². The van der Waals surface area contributed by atoms with Gasteiger partial charge in [-0.2, -0.15) is 0 Å². The summed E-state index contributed by atoms with van der Waals surface area (Å²) in [5.74, 6) is -0.173. The molecule has 0 unspecified atom stereocenters. The predicted octanol–water partition coefficient (Wildman–Crippen LogP) is 2.42. The summed E-state index contributed by atoms with van der Waals surface area (Å²) in [4.78, 5) is 11.4. The molecule has 0 aromatic heterocycles. The van der Waals surface area contributed by atoms with Crippen molar-refractivity contribution in [1.82, 2.24) is 5.32 Å². The van der Waals surface area contributed by atoms with Crippen LogP contribution in [0, 0.1) is 0 Å². The number of rotatable bonds is 5. The van der Waals surface area contributed by atoms with E-state index >= 15 is 0 Å². The molecule has 0 aromatic rings. The first-order valence-electron chi connectivity index (χ1n) is 6.08. The van der Waals surface area contributed by atoms with Gasteiger partial charge in [0, 0.05) is 0 Å². The molecule has 3 nitrogen and oxygen atoms in total. The summed E-state index contributed by atoms with van der Waals surface area (Å²) in [7, 11) is 0. The fourth-order valence-corrected chi connectivity index (χ4v) is 1.78. The highest BCUT2D eigenvalue weighted by Crippen LogP contribution is 2.19. The molecular formula is C13H23NO2. The van der Waals surface area contributed by atoms with Gasteiger partial charge in [0.25, 0.3) is 0 Å². The molecule has 92 valence electrons. The molecule has 3 heteroatoms. The number of ether oxygens (including phenoxy) is 1. The SMILES string of the molecule is CC(C)(C)OC(=O)CNCCC1=CCCC1. The number of allylic oxidation sites excluding steroid dienone is 1. The van der Waals surface area contributed by atoms with Crippen LogP contribution in [-0.2, 0) is 9.53 Å². The van der Waals surface area contributed by atoms with Gasteiger partial charge in [-0.1, -0.05) is 11.6 Å². The van der Waals surface area contributed by atoms with Crippen molar-refractivity contribution in [2.45, 2.75) is 52.1 Å². The van der Waals surface area contributed by atoms with Crippen molar-refractivity contribution in [3.63, 3.8) is 0 Å². The topological polar surface area (TPSA) is 38.3 Å². The molecule has 16 heavy (non-hydrogen) atoms. The van der Waals surface area contributed by atoms with E-state index in [0.29, 0.717) is 6.54 Å². The minimum absolute atomic E-state index is 0.173. The Morgan fingerprint density at radius 2 is 2.25 bits per heavy atom. The Labute approximate surface area is 98.2 Å². The number of nitrogens with one attached hydrogen (secondary N) is 1. The normalized spacial score (nSPS) is 16.1. The molecule has 0 radical (unpaired) electrons. The Balaban J connectivity index is 2.04. The van der Waals surface area contributed by atoms with Crippen LogP contribution in [0.25, 0.3) is 0 Å². The lowest BCUT2D eigenvalue weighted by Crippen LogP contribution is -2.31. The van der Waals surface area contributed by atoms with Crippen LogP contribution in [0.1, 0.15) is 46.5 Å². The van der Waals surface area contributed by atoms with Crippen molar-refractivity contribution < 1.29 is 9.53 Å². The van der Waals surface area contributed by atoms with Gasteiger partial charge in [0.2, 0.25) is 0 Å². The Kier molecular flexibility index (Phi) is 5.00. The molecule has 0 saturated heterocycles. The summed E-state index contributed by atoms with van der Waals surface area (Å²) in [6.07, 6.45) is 7.12. The molecule has 1 aliphatic rings. The van der Waals surface area contributed by atoms with E-state index in [1.165, 1.54) is 24.8 Å². The van der Waals surface area contributed by atoms with E-state index < -0.39 is 0 Å². The fraction of sp³-hybridized carbons (Fsp3) is 0.769. The molecular weight excluding hydrogens is 202 g/mol. The van der Waals surface area contributed by atoms with Crippen molar-refractivity contribution in [1.29, 1.82) is 0 Å². The first-order chi connectivity index (χ1) is 7.47. The third-order valence-corrected chi connectivity index (χ3v) is 2.45. The van der Waals surface area contributed by atoms with E-state index in [4.69, 9.17) is 4.74 Å². The summed E-state index contributed by atoms with van der Waals surface area (Å²) in [5.41, 5.74) is 1.14. The maximum atomic E-state index is 11.4. The zero-order chi connectivity index (χ0) is 12.0. The smallest absolute Gasteiger partial charge is 0.320 e. The van der Waals surface area contributed by atoms with Crippen molar-refractivity contribution >= 4 is 5.97 Å². The molecule has 0 bridgehead atoms. The van der Waals surface area contributed by atoms with Crippen LogP contribution in [-0.4, -0.2) is 24.7 Å². The van der Waals surface area contributed by atoms with Crippen molar-refractivity contribution in [3.8, 4) is 0 Å². The monoisotopic (exact) mass is 225 g/mol. The van der Waals surface area contributed by atoms with Gasteiger partial charge in [0.15, 0.2) is 0 Å². The van der Waals surface area contributed by atoms with E-state index in [9.17, 15) is 4.79 Å². The van der Waals surface area contributed by atoms with Gasteiger partial charge < -0.3 is 10.1 Å². The lowest BCUT2D eigenvalue weighted by molar-refractivity contribution is -0.153. The lowest BCUT2D eigenvalue weighted by Gasteiger charge is -2.19. The Morgan fingerprint density at radius 1 is 1.50 bits per heavy atom. The van der Waals surface area contributed by atoms with Crippen LogP contribution >= 0.6 is 0 Å². The zero-order valence-corrected chi connectivity index (χ0v) is 10.6. The molecule has 0 amide bonds. The van der Waals surface area contributed by atoms with Crippen molar-refractivity contribution in [3.05, 3.63) is 11.6 Å². The van der Waals surface area contributed by atoms with Crippen molar-refractivity contribution in [2.24, 2.45) is 0 Å². The Bertz CT molecular complexity index is 264. The second-order valence-corrected chi connectivity index (χ2v) is 5.27. The molecule has 0 saturated carbocycles. The minimum Gasteiger partial charge on any atom is -0.459 e. The third-order valence-electron chi connectivity index (χ3n) is 2.45. The van der Waals surface area contributed by atoms with Crippen LogP contribution in [0.4, 0.5) is 0 Å². The average Bonchev–Trinajstić information content (AvgIpc) is 2.62. The minimum atomic E-state index is -0.382.